The summed E-state index contributed by atoms with van der Waals surface area (Å²) >= 11 is 0. The van der Waals surface area contributed by atoms with E-state index >= 15 is 0 Å². The molecule has 1 atom stereocenters. The van der Waals surface area contributed by atoms with Crippen LogP contribution >= 0.6 is 0 Å². The van der Waals surface area contributed by atoms with E-state index in [9.17, 15) is 9.18 Å². The van der Waals surface area contributed by atoms with Crippen molar-refractivity contribution >= 4 is 5.97 Å². The van der Waals surface area contributed by atoms with Crippen LogP contribution in [0.15, 0.2) is 0 Å². The van der Waals surface area contributed by atoms with E-state index < -0.39 is 12.3 Å². The second-order valence-corrected chi connectivity index (χ2v) is 1.29. The van der Waals surface area contributed by atoms with E-state index in [0.717, 1.165) is 7.11 Å². The highest BCUT2D eigenvalue weighted by Crippen LogP contribution is 1.94. The molecule has 0 amide bonds. The van der Waals surface area contributed by atoms with Crippen molar-refractivity contribution < 1.29 is 18.7 Å². The van der Waals surface area contributed by atoms with E-state index in [4.69, 9.17) is 0 Å². The molecule has 0 radical (unpaired) electrons. The second kappa shape index (κ2) is 4.26. The molecule has 3 nitrogen and oxygen atoms in total. The molecule has 0 aromatic rings. The number of hydrogen-bond donors (Lipinski definition) is 0. The molecular formula is C5H9FO3. The Morgan fingerprint density at radius 3 is 2.67 bits per heavy atom. The molecule has 0 spiro atoms. The Morgan fingerprint density at radius 1 is 1.78 bits per heavy atom. The first-order chi connectivity index (χ1) is 4.22. The van der Waals surface area contributed by atoms with Crippen LogP contribution in [0, 0.1) is 0 Å². The molecule has 0 aromatic carbocycles. The Hall–Kier alpha value is -0.640. The fourth-order valence-corrected chi connectivity index (χ4v) is 0.307. The molecule has 0 saturated heterocycles. The van der Waals surface area contributed by atoms with Gasteiger partial charge in [-0.05, 0) is 6.92 Å². The van der Waals surface area contributed by atoms with Gasteiger partial charge >= 0.3 is 5.97 Å². The van der Waals surface area contributed by atoms with Gasteiger partial charge in [0.2, 0.25) is 0 Å². The molecule has 1 unspecified atom stereocenters. The van der Waals surface area contributed by atoms with Crippen molar-refractivity contribution in [3.63, 3.8) is 0 Å². The molecule has 0 rings (SSSR count). The van der Waals surface area contributed by atoms with Gasteiger partial charge < -0.3 is 9.47 Å². The minimum atomic E-state index is -1.93. The van der Waals surface area contributed by atoms with E-state index in [1.165, 1.54) is 0 Å². The molecular weight excluding hydrogens is 127 g/mol. The Kier molecular flexibility index (Phi) is 3.96. The maximum atomic E-state index is 12.1. The Bertz CT molecular complexity index is 94.2. The number of carbonyl (C=O) groups excluding carboxylic acids is 1. The molecule has 0 aliphatic carbocycles. The minimum absolute atomic E-state index is 0.163. The quantitative estimate of drug-likeness (QED) is 0.530. The minimum Gasteiger partial charge on any atom is -0.465 e. The van der Waals surface area contributed by atoms with Crippen LogP contribution in [-0.4, -0.2) is 26.0 Å². The molecule has 9 heavy (non-hydrogen) atoms. The number of methoxy groups -OCH3 is 1. The largest absolute Gasteiger partial charge is 0.465 e. The number of alkyl halides is 1. The van der Waals surface area contributed by atoms with Gasteiger partial charge in [0.1, 0.15) is 0 Å². The van der Waals surface area contributed by atoms with Crippen LogP contribution in [0.4, 0.5) is 4.39 Å². The standard InChI is InChI=1S/C5H9FO3/c1-3-9-4(6)5(7)8-2/h4H,3H2,1-2H3. The number of halogens is 1. The summed E-state index contributed by atoms with van der Waals surface area (Å²) in [7, 11) is 1.11. The van der Waals surface area contributed by atoms with Crippen LogP contribution in [0.3, 0.4) is 0 Å². The van der Waals surface area contributed by atoms with Crippen molar-refractivity contribution in [1.82, 2.24) is 0 Å². The number of carbonyl (C=O) groups is 1. The van der Waals surface area contributed by atoms with Crippen molar-refractivity contribution in [2.45, 2.75) is 13.3 Å². The number of esters is 1. The first-order valence-electron chi connectivity index (χ1n) is 2.55. The monoisotopic (exact) mass is 136 g/mol. The predicted molar refractivity (Wildman–Crippen MR) is 28.5 cm³/mol. The molecule has 0 heterocycles. The summed E-state index contributed by atoms with van der Waals surface area (Å²) in [6.45, 7) is 1.76. The average molecular weight is 136 g/mol. The highest BCUT2D eigenvalue weighted by atomic mass is 19.1. The first-order valence-corrected chi connectivity index (χ1v) is 2.55. The van der Waals surface area contributed by atoms with E-state index in [-0.39, 0.29) is 6.61 Å². The highest BCUT2D eigenvalue weighted by Gasteiger charge is 2.16. The van der Waals surface area contributed by atoms with E-state index in [0.29, 0.717) is 0 Å². The zero-order chi connectivity index (χ0) is 7.28. The maximum Gasteiger partial charge on any atom is 0.368 e. The summed E-state index contributed by atoms with van der Waals surface area (Å²) in [6.07, 6.45) is -1.93. The molecule has 0 N–H and O–H groups in total. The normalized spacial score (nSPS) is 12.8. The van der Waals surface area contributed by atoms with Crippen molar-refractivity contribution in [2.24, 2.45) is 0 Å². The van der Waals surface area contributed by atoms with Crippen molar-refractivity contribution in [1.29, 1.82) is 0 Å². The molecule has 54 valence electrons. The van der Waals surface area contributed by atoms with Gasteiger partial charge in [-0.15, -0.1) is 0 Å². The lowest BCUT2D eigenvalue weighted by atomic mass is 10.7. The average Bonchev–Trinajstić information content (AvgIpc) is 1.87. The summed E-state index contributed by atoms with van der Waals surface area (Å²) in [5.74, 6) is -0.989. The third kappa shape index (κ3) is 3.03. The molecule has 4 heteroatoms. The number of hydrogen-bond acceptors (Lipinski definition) is 3. The summed E-state index contributed by atoms with van der Waals surface area (Å²) in [5, 5.41) is 0. The lowest BCUT2D eigenvalue weighted by Gasteiger charge is -2.03. The van der Waals surface area contributed by atoms with Gasteiger partial charge in [-0.3, -0.25) is 0 Å². The topological polar surface area (TPSA) is 35.5 Å². The van der Waals surface area contributed by atoms with E-state index in [1.54, 1.807) is 6.92 Å². The zero-order valence-electron chi connectivity index (χ0n) is 5.39. The van der Waals surface area contributed by atoms with Crippen LogP contribution in [0.2, 0.25) is 0 Å². The molecule has 0 aromatic heterocycles. The van der Waals surface area contributed by atoms with Gasteiger partial charge in [0.25, 0.3) is 6.36 Å². The SMILES string of the molecule is CCOC(F)C(=O)OC. The first kappa shape index (κ1) is 8.36. The lowest BCUT2D eigenvalue weighted by molar-refractivity contribution is -0.166. The predicted octanol–water partition coefficient (Wildman–Crippen LogP) is 0.492. The fourth-order valence-electron chi connectivity index (χ4n) is 0.307. The van der Waals surface area contributed by atoms with Gasteiger partial charge in [0.05, 0.1) is 7.11 Å². The van der Waals surface area contributed by atoms with E-state index in [2.05, 4.69) is 9.47 Å². The Balaban J connectivity index is 3.45. The highest BCUT2D eigenvalue weighted by molar-refractivity contribution is 5.72. The van der Waals surface area contributed by atoms with Crippen molar-refractivity contribution in [3.8, 4) is 0 Å². The Morgan fingerprint density at radius 2 is 2.33 bits per heavy atom. The number of rotatable bonds is 3. The van der Waals surface area contributed by atoms with Crippen molar-refractivity contribution in [3.05, 3.63) is 0 Å². The summed E-state index contributed by atoms with van der Waals surface area (Å²) in [4.78, 5) is 10.2. The van der Waals surface area contributed by atoms with Gasteiger partial charge in [-0.2, -0.15) is 0 Å². The molecule has 0 bridgehead atoms. The molecule has 0 aliphatic rings. The van der Waals surface area contributed by atoms with Gasteiger partial charge in [0, 0.05) is 6.61 Å². The van der Waals surface area contributed by atoms with Gasteiger partial charge in [-0.1, -0.05) is 0 Å². The van der Waals surface area contributed by atoms with Crippen LogP contribution in [0.1, 0.15) is 6.92 Å². The van der Waals surface area contributed by atoms with Crippen LogP contribution in [-0.2, 0) is 14.3 Å². The second-order valence-electron chi connectivity index (χ2n) is 1.29. The molecule has 0 aliphatic heterocycles. The third-order valence-electron chi connectivity index (χ3n) is 0.699. The Labute approximate surface area is 52.8 Å². The van der Waals surface area contributed by atoms with Gasteiger partial charge in [0.15, 0.2) is 0 Å². The molecule has 0 saturated carbocycles. The van der Waals surface area contributed by atoms with Crippen LogP contribution in [0.25, 0.3) is 0 Å². The smallest absolute Gasteiger partial charge is 0.368 e. The van der Waals surface area contributed by atoms with Gasteiger partial charge in [-0.25, -0.2) is 9.18 Å². The molecule has 0 fully saturated rings. The fraction of sp³-hybridized carbons (Fsp3) is 0.800. The zero-order valence-corrected chi connectivity index (χ0v) is 5.39. The summed E-state index contributed by atoms with van der Waals surface area (Å²) in [5.41, 5.74) is 0. The summed E-state index contributed by atoms with van der Waals surface area (Å²) < 4.78 is 20.4. The van der Waals surface area contributed by atoms with E-state index in [1.807, 2.05) is 0 Å². The summed E-state index contributed by atoms with van der Waals surface area (Å²) in [6, 6.07) is 0. The van der Waals surface area contributed by atoms with Crippen LogP contribution < -0.4 is 0 Å². The van der Waals surface area contributed by atoms with Crippen molar-refractivity contribution in [2.75, 3.05) is 13.7 Å². The number of ether oxygens (including phenoxy) is 2. The maximum absolute atomic E-state index is 12.1. The third-order valence-corrected chi connectivity index (χ3v) is 0.699. The lowest BCUT2D eigenvalue weighted by Crippen LogP contribution is -2.20. The van der Waals surface area contributed by atoms with Crippen LogP contribution in [0.5, 0.6) is 0 Å².